The molecular weight excluding hydrogens is 1050 g/mol. The number of nitrogens with zero attached hydrogens (tertiary/aromatic N) is 17. The van der Waals surface area contributed by atoms with Gasteiger partial charge >= 0.3 is 0 Å². The second-order valence-electron chi connectivity index (χ2n) is 12.4. The van der Waals surface area contributed by atoms with E-state index in [-0.39, 0.29) is 0 Å². The Kier molecular flexibility index (Phi) is 80.1. The molecule has 0 aliphatic rings. The predicted molar refractivity (Wildman–Crippen MR) is 363 cm³/mol. The van der Waals surface area contributed by atoms with Gasteiger partial charge in [-0.1, -0.05) is 190 Å². The third-order valence-corrected chi connectivity index (χ3v) is 8.09. The van der Waals surface area contributed by atoms with Gasteiger partial charge < -0.3 is 13.6 Å². The van der Waals surface area contributed by atoms with E-state index >= 15 is 0 Å². The number of para-hydroxylation sites is 4. The minimum absolute atomic E-state index is 0.748. The van der Waals surface area contributed by atoms with Crippen molar-refractivity contribution in [2.24, 2.45) is 14.1 Å². The molecule has 0 saturated carbocycles. The molecule has 0 bridgehead atoms. The van der Waals surface area contributed by atoms with E-state index < -0.39 is 0 Å². The summed E-state index contributed by atoms with van der Waals surface area (Å²) in [5.74, 6) is 5.99. The van der Waals surface area contributed by atoms with Crippen LogP contribution in [0.25, 0.3) is 33.6 Å². The lowest BCUT2D eigenvalue weighted by atomic mass is 10.3. The number of aromatic nitrogens is 17. The zero-order valence-corrected chi connectivity index (χ0v) is 58.4. The maximum absolute atomic E-state index is 4.38. The molecule has 0 spiro atoms. The summed E-state index contributed by atoms with van der Waals surface area (Å²) in [7, 11) is 4.06. The van der Waals surface area contributed by atoms with Crippen LogP contribution in [0.2, 0.25) is 0 Å². The molecule has 11 aromatic rings. The van der Waals surface area contributed by atoms with E-state index in [4.69, 9.17) is 0 Å². The highest BCUT2D eigenvalue weighted by Gasteiger charge is 2.01. The van der Waals surface area contributed by atoms with E-state index in [1.54, 1.807) is 43.2 Å². The number of aryl methyl sites for hydroxylation is 7. The predicted octanol–water partition coefficient (Wildman–Crippen LogP) is 18.9. The van der Waals surface area contributed by atoms with Crippen molar-refractivity contribution in [3.63, 3.8) is 0 Å². The molecule has 472 valence electrons. The van der Waals surface area contributed by atoms with Crippen LogP contribution in [0.5, 0.6) is 0 Å². The summed E-state index contributed by atoms with van der Waals surface area (Å²) in [6.07, 6.45) is 21.9. The van der Waals surface area contributed by atoms with Crippen molar-refractivity contribution >= 4 is 33.6 Å². The van der Waals surface area contributed by atoms with E-state index in [2.05, 4.69) is 90.7 Å². The molecule has 0 saturated heterocycles. The van der Waals surface area contributed by atoms with Gasteiger partial charge in [-0.25, -0.2) is 54.8 Å². The van der Waals surface area contributed by atoms with Gasteiger partial charge in [0.05, 0.1) is 22.1 Å². The van der Waals surface area contributed by atoms with E-state index in [1.165, 1.54) is 30.1 Å². The Hall–Kier alpha value is -8.15. The molecule has 0 radical (unpaired) electrons. The molecule has 0 N–H and O–H groups in total. The van der Waals surface area contributed by atoms with Crippen molar-refractivity contribution in [1.82, 2.24) is 83.0 Å². The van der Waals surface area contributed by atoms with Crippen LogP contribution in [0, 0.1) is 34.6 Å². The van der Waals surface area contributed by atoms with Crippen molar-refractivity contribution in [3.8, 4) is 0 Å². The lowest BCUT2D eigenvalue weighted by Gasteiger charge is -1.94. The molecule has 9 heterocycles. The third-order valence-electron chi connectivity index (χ3n) is 8.09. The fraction of sp³-hybridized carbons (Fsp3) is 0.470. The van der Waals surface area contributed by atoms with Crippen LogP contribution in [-0.4, -0.2) is 83.0 Å². The van der Waals surface area contributed by atoms with Crippen LogP contribution < -0.4 is 0 Å². The maximum atomic E-state index is 4.38. The highest BCUT2D eigenvalue weighted by atomic mass is 16.3. The Bertz CT molecular complexity index is 2590. The number of fused-ring (bicyclic) bond motifs is 4. The molecule has 0 fully saturated rings. The quantitative estimate of drug-likeness (QED) is 0.139. The Morgan fingerprint density at radius 2 is 0.619 bits per heavy atom. The summed E-state index contributed by atoms with van der Waals surface area (Å²) >= 11 is 0. The second-order valence-corrected chi connectivity index (χ2v) is 12.4. The van der Waals surface area contributed by atoms with E-state index in [9.17, 15) is 0 Å². The molecule has 0 aliphatic heterocycles. The van der Waals surface area contributed by atoms with Gasteiger partial charge in [-0.15, -0.1) is 10.2 Å². The average molecular weight is 1160 g/mol. The summed E-state index contributed by atoms with van der Waals surface area (Å²) < 4.78 is 12.3. The Balaban J connectivity index is -0.000000127. The average Bonchev–Trinajstić information content (AvgIpc) is 4.63. The molecule has 0 amide bonds. The van der Waals surface area contributed by atoms with Crippen LogP contribution >= 0.6 is 0 Å². The van der Waals surface area contributed by atoms with Gasteiger partial charge in [0, 0.05) is 76.1 Å². The van der Waals surface area contributed by atoms with Gasteiger partial charge in [0.1, 0.15) is 35.4 Å². The van der Waals surface area contributed by atoms with Crippen molar-refractivity contribution in [3.05, 3.63) is 177 Å². The summed E-state index contributed by atoms with van der Waals surface area (Å²) in [5.41, 5.74) is 4.55. The van der Waals surface area contributed by atoms with Gasteiger partial charge in [0.25, 0.3) is 0 Å². The number of rotatable bonds is 0. The number of imidazole rings is 4. The third kappa shape index (κ3) is 43.6. The topological polar surface area (TPSA) is 199 Å². The van der Waals surface area contributed by atoms with Crippen molar-refractivity contribution in [2.75, 3.05) is 0 Å². The Morgan fingerprint density at radius 1 is 0.321 bits per heavy atom. The first kappa shape index (κ1) is 92.3. The van der Waals surface area contributed by atoms with Crippen LogP contribution in [0.15, 0.2) is 152 Å². The number of hydrogen-bond acceptors (Lipinski definition) is 14. The summed E-state index contributed by atoms with van der Waals surface area (Å²) in [4.78, 5) is 44.1. The van der Waals surface area contributed by atoms with E-state index in [0.717, 1.165) is 51.7 Å². The largest absolute Gasteiger partial charge is 0.431 e. The highest BCUT2D eigenvalue weighted by molar-refractivity contribution is 5.76. The fourth-order valence-electron chi connectivity index (χ4n) is 5.22. The zero-order valence-electron chi connectivity index (χ0n) is 58.4. The van der Waals surface area contributed by atoms with Crippen LogP contribution in [0.4, 0.5) is 0 Å². The molecule has 11 rings (SSSR count). The second kappa shape index (κ2) is 72.9. The molecule has 0 atom stereocenters. The van der Waals surface area contributed by atoms with Gasteiger partial charge in [0.2, 0.25) is 24.3 Å². The number of benzene rings is 2. The highest BCUT2D eigenvalue weighted by Crippen LogP contribution is 2.13. The van der Waals surface area contributed by atoms with Crippen LogP contribution in [0.3, 0.4) is 0 Å². The first-order valence-corrected chi connectivity index (χ1v) is 30.5. The molecule has 0 aliphatic carbocycles. The zero-order chi connectivity index (χ0) is 66.5. The van der Waals surface area contributed by atoms with E-state index in [1.807, 2.05) is 297 Å². The minimum atomic E-state index is 0.748. The van der Waals surface area contributed by atoms with Gasteiger partial charge in [-0.3, -0.25) is 8.80 Å². The van der Waals surface area contributed by atoms with Crippen LogP contribution in [0.1, 0.15) is 195 Å². The molecule has 18 nitrogen and oxygen atoms in total. The smallest absolute Gasteiger partial charge is 0.233 e. The molecule has 2 aromatic carbocycles. The molecule has 84 heavy (non-hydrogen) atoms. The van der Waals surface area contributed by atoms with Gasteiger partial charge in [-0.2, -0.15) is 0 Å². The standard InChI is InChI=1S/2C9H10N2.2C6H5N3.C6H9N3.C4H4N2.C2H2N2O.12C2H6/c2*1-7-10-8-5-3-4-6-9(8)11(7)2;2*1-2-7-6-8-3-5-9(6)4-1;1-4-7-5(2)9-6(3)8-4;1-2-5-4-6-3-1;1-3-4-2-5-1;12*1-2/h2*3-6H,1-2H3;2*1-5H;1-3H3;1-4H;1-2H;12*1-2H3. The van der Waals surface area contributed by atoms with Crippen molar-refractivity contribution in [2.45, 2.75) is 201 Å². The summed E-state index contributed by atoms with van der Waals surface area (Å²) in [6.45, 7) is 57.6. The van der Waals surface area contributed by atoms with E-state index in [0.29, 0.717) is 0 Å². The van der Waals surface area contributed by atoms with Gasteiger partial charge in [-0.05, 0) is 77.1 Å². The molecule has 9 aromatic heterocycles. The summed E-state index contributed by atoms with van der Waals surface area (Å²) in [6, 6.07) is 21.8. The first-order valence-electron chi connectivity index (χ1n) is 30.5. The number of hydrogen-bond donors (Lipinski definition) is 0. The lowest BCUT2D eigenvalue weighted by Crippen LogP contribution is -1.97. The molecule has 18 heteroatoms. The van der Waals surface area contributed by atoms with Crippen molar-refractivity contribution < 1.29 is 4.42 Å². The van der Waals surface area contributed by atoms with Crippen molar-refractivity contribution in [1.29, 1.82) is 0 Å². The normalized spacial score (nSPS) is 7.94. The fourth-order valence-corrected chi connectivity index (χ4v) is 5.22. The summed E-state index contributed by atoms with van der Waals surface area (Å²) in [5, 5.41) is 6.61. The SMILES string of the molecule is CC.CC.CC.CC.CC.CC.CC.CC.CC.CC.CC.CC.Cc1nc(C)nc(C)n1.Cc1nc2ccccc2n1C.Cc1nc2ccccc2n1C.c1cnc2nccn2c1.c1cnc2nccn2c1.c1cncnc1.c1nnco1. The Labute approximate surface area is 510 Å². The Morgan fingerprint density at radius 3 is 0.857 bits per heavy atom. The first-order chi connectivity index (χ1) is 41.2. The monoisotopic (exact) mass is 1160 g/mol. The van der Waals surface area contributed by atoms with Crippen LogP contribution in [-0.2, 0) is 14.1 Å². The maximum Gasteiger partial charge on any atom is 0.233 e. The van der Waals surface area contributed by atoms with Gasteiger partial charge in [0.15, 0.2) is 0 Å². The lowest BCUT2D eigenvalue weighted by molar-refractivity contribution is 0.553. The minimum Gasteiger partial charge on any atom is -0.431 e. The molecule has 0 unspecified atom stereocenters. The molecular formula is C66H117N17O.